The first-order valence-corrected chi connectivity index (χ1v) is 13.3. The van der Waals surface area contributed by atoms with E-state index in [1.807, 2.05) is 68.4 Å². The standard InChI is InChI=1S/C31H35N3O3S/c1-20(2)27(28(38)33-31(3,4)29(35)34(5)21-13-7-6-8-14-21)32-30(36)37-19-26-24-17-11-9-15-22(24)23-16-10-12-18-25(23)26/h6-18,20,26-27H,19H2,1-5H3,(H,32,36)(H,33,38)/t27-/m0/s1. The van der Waals surface area contributed by atoms with Crippen LogP contribution in [0.1, 0.15) is 44.7 Å². The lowest BCUT2D eigenvalue weighted by Gasteiger charge is -2.34. The first-order chi connectivity index (χ1) is 18.1. The van der Waals surface area contributed by atoms with Crippen molar-refractivity contribution < 1.29 is 14.3 Å². The van der Waals surface area contributed by atoms with Gasteiger partial charge in [-0.3, -0.25) is 4.79 Å². The molecule has 0 unspecified atom stereocenters. The quantitative estimate of drug-likeness (QED) is 0.355. The summed E-state index contributed by atoms with van der Waals surface area (Å²) in [6.07, 6.45) is -0.541. The highest BCUT2D eigenvalue weighted by molar-refractivity contribution is 7.80. The lowest BCUT2D eigenvalue weighted by molar-refractivity contribution is -0.122. The highest BCUT2D eigenvalue weighted by Crippen LogP contribution is 2.44. The zero-order valence-corrected chi connectivity index (χ0v) is 23.3. The maximum atomic E-state index is 13.3. The van der Waals surface area contributed by atoms with Gasteiger partial charge < -0.3 is 20.3 Å². The molecule has 7 heteroatoms. The largest absolute Gasteiger partial charge is 0.449 e. The molecular formula is C31H35N3O3S. The van der Waals surface area contributed by atoms with E-state index in [1.165, 1.54) is 11.1 Å². The molecule has 3 aromatic carbocycles. The van der Waals surface area contributed by atoms with Gasteiger partial charge in [0.15, 0.2) is 0 Å². The van der Waals surface area contributed by atoms with E-state index in [-0.39, 0.29) is 24.3 Å². The van der Waals surface area contributed by atoms with Gasteiger partial charge in [0, 0.05) is 18.7 Å². The molecule has 0 heterocycles. The Bertz CT molecular complexity index is 1280. The molecule has 4 rings (SSSR count). The van der Waals surface area contributed by atoms with Crippen molar-refractivity contribution in [1.29, 1.82) is 0 Å². The summed E-state index contributed by atoms with van der Waals surface area (Å²) in [5.74, 6) is -0.191. The number of amides is 2. The molecule has 2 N–H and O–H groups in total. The molecule has 0 bridgehead atoms. The Morgan fingerprint density at radius 1 is 0.921 bits per heavy atom. The molecule has 1 atom stereocenters. The summed E-state index contributed by atoms with van der Waals surface area (Å²) < 4.78 is 5.73. The van der Waals surface area contributed by atoms with Gasteiger partial charge in [0.05, 0.1) is 11.0 Å². The Labute approximate surface area is 230 Å². The average molecular weight is 530 g/mol. The highest BCUT2D eigenvalue weighted by atomic mass is 32.1. The molecule has 0 fully saturated rings. The minimum atomic E-state index is -0.988. The van der Waals surface area contributed by atoms with Gasteiger partial charge in [0.1, 0.15) is 12.1 Å². The maximum absolute atomic E-state index is 13.3. The molecule has 38 heavy (non-hydrogen) atoms. The monoisotopic (exact) mass is 529 g/mol. The van der Waals surface area contributed by atoms with Crippen LogP contribution in [0.2, 0.25) is 0 Å². The van der Waals surface area contributed by atoms with Crippen LogP contribution in [-0.4, -0.2) is 42.2 Å². The van der Waals surface area contributed by atoms with Gasteiger partial charge in [-0.2, -0.15) is 0 Å². The van der Waals surface area contributed by atoms with Gasteiger partial charge in [-0.25, -0.2) is 4.79 Å². The number of hydrogen-bond donors (Lipinski definition) is 2. The topological polar surface area (TPSA) is 70.7 Å². The molecule has 0 saturated carbocycles. The zero-order valence-electron chi connectivity index (χ0n) is 22.5. The number of nitrogens with zero attached hydrogens (tertiary/aromatic N) is 1. The minimum absolute atomic E-state index is 0.0202. The van der Waals surface area contributed by atoms with Crippen molar-refractivity contribution in [3.05, 3.63) is 90.0 Å². The van der Waals surface area contributed by atoms with Gasteiger partial charge in [0.2, 0.25) is 0 Å². The summed E-state index contributed by atoms with van der Waals surface area (Å²) in [6, 6.07) is 25.4. The van der Waals surface area contributed by atoms with Crippen molar-refractivity contribution in [2.45, 2.75) is 45.2 Å². The lowest BCUT2D eigenvalue weighted by atomic mass is 9.98. The van der Waals surface area contributed by atoms with Crippen LogP contribution in [0.5, 0.6) is 0 Å². The summed E-state index contributed by atoms with van der Waals surface area (Å²) in [5, 5.41) is 6.11. The fraction of sp³-hybridized carbons (Fsp3) is 0.323. The van der Waals surface area contributed by atoms with Crippen molar-refractivity contribution >= 4 is 34.9 Å². The minimum Gasteiger partial charge on any atom is -0.449 e. The van der Waals surface area contributed by atoms with Crippen LogP contribution in [-0.2, 0) is 9.53 Å². The molecule has 0 aliphatic heterocycles. The predicted molar refractivity (Wildman–Crippen MR) is 156 cm³/mol. The second-order valence-corrected chi connectivity index (χ2v) is 10.9. The van der Waals surface area contributed by atoms with Crippen molar-refractivity contribution in [1.82, 2.24) is 10.6 Å². The molecule has 3 aromatic rings. The van der Waals surface area contributed by atoms with E-state index in [9.17, 15) is 9.59 Å². The van der Waals surface area contributed by atoms with Crippen molar-refractivity contribution in [2.75, 3.05) is 18.6 Å². The number of thiocarbonyl (C=S) groups is 1. The van der Waals surface area contributed by atoms with E-state index in [2.05, 4.69) is 34.9 Å². The van der Waals surface area contributed by atoms with E-state index < -0.39 is 17.7 Å². The Balaban J connectivity index is 1.40. The summed E-state index contributed by atoms with van der Waals surface area (Å²) in [4.78, 5) is 28.2. The zero-order chi connectivity index (χ0) is 27.4. The SMILES string of the molecule is CC(C)[C@H](NC(=O)OCC1c2ccccc2-c2ccccc21)C(=S)NC(C)(C)C(=O)N(C)c1ccccc1. The molecule has 6 nitrogen and oxygen atoms in total. The number of anilines is 1. The summed E-state index contributed by atoms with van der Waals surface area (Å²) >= 11 is 5.68. The summed E-state index contributed by atoms with van der Waals surface area (Å²) in [6.45, 7) is 7.72. The number of carbonyl (C=O) groups excluding carboxylic acids is 2. The molecule has 1 aliphatic rings. The van der Waals surface area contributed by atoms with E-state index in [0.717, 1.165) is 16.8 Å². The lowest BCUT2D eigenvalue weighted by Crippen LogP contribution is -2.60. The predicted octanol–water partition coefficient (Wildman–Crippen LogP) is 5.91. The molecule has 0 radical (unpaired) electrons. The second-order valence-electron chi connectivity index (χ2n) is 10.5. The van der Waals surface area contributed by atoms with Crippen LogP contribution in [0, 0.1) is 5.92 Å². The second kappa shape index (κ2) is 11.4. The summed E-state index contributed by atoms with van der Waals surface area (Å²) in [7, 11) is 1.74. The van der Waals surface area contributed by atoms with Crippen LogP contribution in [0.3, 0.4) is 0 Å². The van der Waals surface area contributed by atoms with Crippen LogP contribution in [0.15, 0.2) is 78.9 Å². The number of nitrogens with one attached hydrogen (secondary N) is 2. The number of carbonyl (C=O) groups is 2. The third kappa shape index (κ3) is 5.73. The van der Waals surface area contributed by atoms with E-state index in [4.69, 9.17) is 17.0 Å². The molecule has 0 aromatic heterocycles. The van der Waals surface area contributed by atoms with E-state index >= 15 is 0 Å². The fourth-order valence-electron chi connectivity index (χ4n) is 4.93. The third-order valence-corrected chi connectivity index (χ3v) is 7.34. The van der Waals surface area contributed by atoms with Crippen LogP contribution < -0.4 is 15.5 Å². The molecule has 198 valence electrons. The number of fused-ring (bicyclic) bond motifs is 3. The van der Waals surface area contributed by atoms with Crippen LogP contribution in [0.25, 0.3) is 11.1 Å². The third-order valence-electron chi connectivity index (χ3n) is 6.98. The Morgan fingerprint density at radius 2 is 1.45 bits per heavy atom. The Hall–Kier alpha value is -3.71. The molecule has 0 spiro atoms. The fourth-order valence-corrected chi connectivity index (χ4v) is 5.52. The maximum Gasteiger partial charge on any atom is 0.407 e. The molecule has 2 amide bonds. The first kappa shape index (κ1) is 27.3. The van der Waals surface area contributed by atoms with Crippen molar-refractivity contribution in [2.24, 2.45) is 5.92 Å². The average Bonchev–Trinajstić information content (AvgIpc) is 3.23. The van der Waals surface area contributed by atoms with E-state index in [0.29, 0.717) is 4.99 Å². The van der Waals surface area contributed by atoms with Gasteiger partial charge in [-0.15, -0.1) is 0 Å². The number of rotatable bonds is 8. The Kier molecular flexibility index (Phi) is 8.17. The van der Waals surface area contributed by atoms with Gasteiger partial charge in [-0.1, -0.05) is 92.8 Å². The van der Waals surface area contributed by atoms with Crippen molar-refractivity contribution in [3.8, 4) is 11.1 Å². The Morgan fingerprint density at radius 3 is 2.00 bits per heavy atom. The van der Waals surface area contributed by atoms with Crippen molar-refractivity contribution in [3.63, 3.8) is 0 Å². The number of hydrogen-bond acceptors (Lipinski definition) is 4. The van der Waals surface area contributed by atoms with Gasteiger partial charge >= 0.3 is 6.09 Å². The number of likely N-dealkylation sites (N-methyl/N-ethyl adjacent to an activating group) is 1. The molecular weight excluding hydrogens is 494 g/mol. The number of para-hydroxylation sites is 1. The first-order valence-electron chi connectivity index (χ1n) is 12.9. The van der Waals surface area contributed by atoms with Gasteiger partial charge in [0.25, 0.3) is 5.91 Å². The van der Waals surface area contributed by atoms with Gasteiger partial charge in [-0.05, 0) is 54.2 Å². The molecule has 0 saturated heterocycles. The number of ether oxygens (including phenoxy) is 1. The van der Waals surface area contributed by atoms with E-state index in [1.54, 1.807) is 25.8 Å². The number of benzene rings is 3. The van der Waals surface area contributed by atoms with Crippen LogP contribution in [0.4, 0.5) is 10.5 Å². The highest BCUT2D eigenvalue weighted by Gasteiger charge is 2.35. The molecule has 1 aliphatic carbocycles. The smallest absolute Gasteiger partial charge is 0.407 e. The normalized spacial score (nSPS) is 13.3. The van der Waals surface area contributed by atoms with Crippen LogP contribution >= 0.6 is 12.2 Å². The summed E-state index contributed by atoms with van der Waals surface area (Å²) in [5.41, 5.74) is 4.46. The number of alkyl carbamates (subject to hydrolysis) is 1.